The lowest BCUT2D eigenvalue weighted by molar-refractivity contribution is 0.589. The summed E-state index contributed by atoms with van der Waals surface area (Å²) in [6.45, 7) is 1.92. The van der Waals surface area contributed by atoms with E-state index in [-0.39, 0.29) is 0 Å². The van der Waals surface area contributed by atoms with Crippen molar-refractivity contribution in [3.8, 4) is 0 Å². The maximum atomic E-state index is 5.49. The van der Waals surface area contributed by atoms with Gasteiger partial charge in [0.05, 0.1) is 10.8 Å². The molecule has 0 aliphatic heterocycles. The summed E-state index contributed by atoms with van der Waals surface area (Å²) in [6.07, 6.45) is 1.64. The first-order valence-electron chi connectivity index (χ1n) is 3.92. The van der Waals surface area contributed by atoms with Crippen molar-refractivity contribution >= 4 is 29.3 Å². The smallest absolute Gasteiger partial charge is 0.194 e. The van der Waals surface area contributed by atoms with Gasteiger partial charge in [0, 0.05) is 18.7 Å². The molecule has 0 spiro atoms. The molecule has 0 aliphatic rings. The van der Waals surface area contributed by atoms with Crippen molar-refractivity contribution in [2.45, 2.75) is 6.92 Å². The van der Waals surface area contributed by atoms with Crippen LogP contribution in [0.1, 0.15) is 5.56 Å². The van der Waals surface area contributed by atoms with Crippen molar-refractivity contribution < 1.29 is 8.83 Å². The molecule has 0 fully saturated rings. The fourth-order valence-corrected chi connectivity index (χ4v) is 1.43. The highest BCUT2D eigenvalue weighted by Crippen LogP contribution is 2.25. The van der Waals surface area contributed by atoms with Crippen LogP contribution >= 0.6 is 12.2 Å². The lowest BCUT2D eigenvalue weighted by Gasteiger charge is -1.98. The van der Waals surface area contributed by atoms with Crippen LogP contribution in [-0.4, -0.2) is 7.05 Å². The second-order valence-electron chi connectivity index (χ2n) is 2.80. The van der Waals surface area contributed by atoms with Gasteiger partial charge in [-0.15, -0.1) is 0 Å². The summed E-state index contributed by atoms with van der Waals surface area (Å²) in [7, 11) is 1.79. The van der Waals surface area contributed by atoms with Crippen molar-refractivity contribution in [3.63, 3.8) is 0 Å². The maximum Gasteiger partial charge on any atom is 0.194 e. The van der Waals surface area contributed by atoms with Crippen LogP contribution in [-0.2, 0) is 0 Å². The SMILES string of the molecule is CNc1cc(=S)c2occ(C)c2o1. The highest BCUT2D eigenvalue weighted by Gasteiger charge is 2.07. The minimum atomic E-state index is 0.645. The summed E-state index contributed by atoms with van der Waals surface area (Å²) in [5.41, 5.74) is 2.32. The number of anilines is 1. The van der Waals surface area contributed by atoms with E-state index >= 15 is 0 Å². The van der Waals surface area contributed by atoms with Crippen LogP contribution < -0.4 is 5.32 Å². The quantitative estimate of drug-likeness (QED) is 0.709. The molecule has 4 heteroatoms. The molecule has 0 saturated heterocycles. The Kier molecular flexibility index (Phi) is 1.84. The molecule has 0 amide bonds. The second kappa shape index (κ2) is 2.88. The van der Waals surface area contributed by atoms with E-state index in [0.29, 0.717) is 16.0 Å². The zero-order valence-corrected chi connectivity index (χ0v) is 8.20. The van der Waals surface area contributed by atoms with Gasteiger partial charge in [-0.2, -0.15) is 0 Å². The molecule has 0 aromatic carbocycles. The topological polar surface area (TPSA) is 38.3 Å². The van der Waals surface area contributed by atoms with Crippen LogP contribution in [0, 0.1) is 11.4 Å². The lowest BCUT2D eigenvalue weighted by Crippen LogP contribution is -1.87. The van der Waals surface area contributed by atoms with Crippen LogP contribution in [0.2, 0.25) is 0 Å². The van der Waals surface area contributed by atoms with Crippen molar-refractivity contribution in [2.75, 3.05) is 12.4 Å². The Hall–Kier alpha value is -1.29. The van der Waals surface area contributed by atoms with Gasteiger partial charge < -0.3 is 14.2 Å². The lowest BCUT2D eigenvalue weighted by atomic mass is 10.3. The van der Waals surface area contributed by atoms with Gasteiger partial charge in [-0.25, -0.2) is 0 Å². The molecular weight excluding hydrogens is 186 g/mol. The molecule has 0 unspecified atom stereocenters. The molecule has 1 N–H and O–H groups in total. The minimum absolute atomic E-state index is 0.645. The normalized spacial score (nSPS) is 10.6. The molecule has 2 rings (SSSR count). The molecule has 0 radical (unpaired) electrons. The van der Waals surface area contributed by atoms with Crippen LogP contribution in [0.4, 0.5) is 5.88 Å². The number of aryl methyl sites for hydroxylation is 1. The Morgan fingerprint density at radius 1 is 1.38 bits per heavy atom. The van der Waals surface area contributed by atoms with Gasteiger partial charge >= 0.3 is 0 Å². The van der Waals surface area contributed by atoms with E-state index in [0.717, 1.165) is 11.1 Å². The zero-order chi connectivity index (χ0) is 9.42. The van der Waals surface area contributed by atoms with Crippen molar-refractivity contribution in [3.05, 3.63) is 22.4 Å². The Morgan fingerprint density at radius 3 is 2.85 bits per heavy atom. The van der Waals surface area contributed by atoms with E-state index in [1.165, 1.54) is 0 Å². The van der Waals surface area contributed by atoms with E-state index in [9.17, 15) is 0 Å². The highest BCUT2D eigenvalue weighted by molar-refractivity contribution is 7.71. The number of hydrogen-bond donors (Lipinski definition) is 1. The van der Waals surface area contributed by atoms with Crippen molar-refractivity contribution in [2.24, 2.45) is 0 Å². The monoisotopic (exact) mass is 195 g/mol. The summed E-state index contributed by atoms with van der Waals surface area (Å²) in [4.78, 5) is 0. The summed E-state index contributed by atoms with van der Waals surface area (Å²) >= 11 is 5.13. The molecule has 0 bridgehead atoms. The Labute approximate surface area is 80.4 Å². The number of hydrogen-bond acceptors (Lipinski definition) is 4. The Balaban J connectivity index is 2.88. The standard InChI is InChI=1S/C9H9NO2S/c1-5-4-11-9-6(13)3-7(10-2)12-8(5)9/h3-4,10H,1-2H3. The van der Waals surface area contributed by atoms with Gasteiger partial charge in [0.2, 0.25) is 0 Å². The molecule has 2 aromatic rings. The Morgan fingerprint density at radius 2 is 2.15 bits per heavy atom. The van der Waals surface area contributed by atoms with Gasteiger partial charge in [-0.1, -0.05) is 12.2 Å². The number of fused-ring (bicyclic) bond motifs is 1. The van der Waals surface area contributed by atoms with Crippen LogP contribution in [0.15, 0.2) is 21.2 Å². The third-order valence-corrected chi connectivity index (χ3v) is 2.17. The summed E-state index contributed by atoms with van der Waals surface area (Å²) in [6, 6.07) is 1.74. The van der Waals surface area contributed by atoms with Gasteiger partial charge in [0.25, 0.3) is 0 Å². The highest BCUT2D eigenvalue weighted by atomic mass is 32.1. The fourth-order valence-electron chi connectivity index (χ4n) is 1.18. The van der Waals surface area contributed by atoms with E-state index < -0.39 is 0 Å². The van der Waals surface area contributed by atoms with E-state index in [2.05, 4.69) is 5.32 Å². The first kappa shape index (κ1) is 8.31. The average Bonchev–Trinajstić information content (AvgIpc) is 2.48. The van der Waals surface area contributed by atoms with Crippen molar-refractivity contribution in [1.29, 1.82) is 0 Å². The first-order valence-corrected chi connectivity index (χ1v) is 4.33. The van der Waals surface area contributed by atoms with Gasteiger partial charge in [0.15, 0.2) is 17.1 Å². The number of furan rings is 1. The summed E-state index contributed by atoms with van der Waals surface area (Å²) in [5.74, 6) is 0.655. The Bertz CT molecular complexity index is 498. The first-order chi connectivity index (χ1) is 6.22. The molecule has 2 aromatic heterocycles. The van der Waals surface area contributed by atoms with Crippen LogP contribution in [0.3, 0.4) is 0 Å². The third-order valence-electron chi connectivity index (χ3n) is 1.86. The predicted molar refractivity (Wildman–Crippen MR) is 53.6 cm³/mol. The molecule has 0 atom stereocenters. The predicted octanol–water partition coefficient (Wildman–Crippen LogP) is 3.11. The van der Waals surface area contributed by atoms with Crippen LogP contribution in [0.25, 0.3) is 11.2 Å². The molecule has 2 heterocycles. The fraction of sp³-hybridized carbons (Fsp3) is 0.222. The van der Waals surface area contributed by atoms with Crippen molar-refractivity contribution in [1.82, 2.24) is 0 Å². The summed E-state index contributed by atoms with van der Waals surface area (Å²) in [5, 5.41) is 2.90. The number of nitrogens with one attached hydrogen (secondary N) is 1. The van der Waals surface area contributed by atoms with Gasteiger partial charge in [-0.3, -0.25) is 0 Å². The minimum Gasteiger partial charge on any atom is -0.459 e. The third kappa shape index (κ3) is 1.23. The second-order valence-corrected chi connectivity index (χ2v) is 3.24. The maximum absolute atomic E-state index is 5.49. The largest absolute Gasteiger partial charge is 0.459 e. The van der Waals surface area contributed by atoms with Gasteiger partial charge in [-0.05, 0) is 6.92 Å². The van der Waals surface area contributed by atoms with E-state index in [1.807, 2.05) is 6.92 Å². The average molecular weight is 195 g/mol. The van der Waals surface area contributed by atoms with Crippen LogP contribution in [0.5, 0.6) is 0 Å². The van der Waals surface area contributed by atoms with Gasteiger partial charge in [0.1, 0.15) is 0 Å². The molecule has 0 saturated carbocycles. The zero-order valence-electron chi connectivity index (χ0n) is 7.38. The molecule has 68 valence electrons. The molecule has 13 heavy (non-hydrogen) atoms. The summed E-state index contributed by atoms with van der Waals surface area (Å²) < 4.78 is 11.4. The number of rotatable bonds is 1. The van der Waals surface area contributed by atoms with E-state index in [1.54, 1.807) is 19.4 Å². The molecule has 3 nitrogen and oxygen atoms in total. The van der Waals surface area contributed by atoms with E-state index in [4.69, 9.17) is 21.1 Å². The molecule has 0 aliphatic carbocycles. The molecular formula is C9H9NO2S.